The minimum atomic E-state index is -0.690. The fourth-order valence-electron chi connectivity index (χ4n) is 2.66. The molecule has 19 heavy (non-hydrogen) atoms. The summed E-state index contributed by atoms with van der Waals surface area (Å²) in [6, 6.07) is 0. The van der Waals surface area contributed by atoms with Crippen LogP contribution in [-0.2, 0) is 4.79 Å². The van der Waals surface area contributed by atoms with Gasteiger partial charge in [-0.25, -0.2) is 0 Å². The summed E-state index contributed by atoms with van der Waals surface area (Å²) in [4.78, 5) is 14.6. The van der Waals surface area contributed by atoms with Gasteiger partial charge in [0.1, 0.15) is 0 Å². The summed E-state index contributed by atoms with van der Waals surface area (Å²) in [5, 5.41) is 3.02. The van der Waals surface area contributed by atoms with Crippen molar-refractivity contribution in [3.8, 4) is 0 Å². The number of carbonyl (C=O) groups excluding carboxylic acids is 1. The summed E-state index contributed by atoms with van der Waals surface area (Å²) < 4.78 is 0. The Morgan fingerprint density at radius 2 is 1.84 bits per heavy atom. The summed E-state index contributed by atoms with van der Waals surface area (Å²) in [7, 11) is 0. The normalized spacial score (nSPS) is 19.2. The summed E-state index contributed by atoms with van der Waals surface area (Å²) in [6.45, 7) is 10.4. The van der Waals surface area contributed by atoms with Crippen molar-refractivity contribution in [3.63, 3.8) is 0 Å². The molecule has 1 atom stereocenters. The van der Waals surface area contributed by atoms with E-state index in [4.69, 9.17) is 5.73 Å². The maximum Gasteiger partial charge on any atom is 0.240 e. The molecular formula is C15H31N3O. The lowest BCUT2D eigenvalue weighted by atomic mass is 9.93. The fourth-order valence-corrected chi connectivity index (χ4v) is 2.66. The number of nitrogens with zero attached hydrogens (tertiary/aromatic N) is 1. The molecule has 0 aromatic carbocycles. The molecule has 1 saturated heterocycles. The van der Waals surface area contributed by atoms with Crippen LogP contribution in [0.25, 0.3) is 0 Å². The monoisotopic (exact) mass is 269 g/mol. The van der Waals surface area contributed by atoms with Gasteiger partial charge >= 0.3 is 0 Å². The van der Waals surface area contributed by atoms with Crippen LogP contribution in [0.4, 0.5) is 0 Å². The Morgan fingerprint density at radius 3 is 2.37 bits per heavy atom. The van der Waals surface area contributed by atoms with Crippen molar-refractivity contribution in [1.29, 1.82) is 0 Å². The van der Waals surface area contributed by atoms with Gasteiger partial charge in [-0.3, -0.25) is 4.79 Å². The quantitative estimate of drug-likeness (QED) is 0.740. The van der Waals surface area contributed by atoms with Gasteiger partial charge in [-0.1, -0.05) is 27.2 Å². The van der Waals surface area contributed by atoms with E-state index in [9.17, 15) is 4.79 Å². The number of hydrogen-bond donors (Lipinski definition) is 2. The Kier molecular flexibility index (Phi) is 6.80. The Labute approximate surface area is 118 Å². The highest BCUT2D eigenvalue weighted by Gasteiger charge is 2.29. The van der Waals surface area contributed by atoms with E-state index < -0.39 is 5.54 Å². The first-order valence-corrected chi connectivity index (χ1v) is 7.81. The minimum Gasteiger partial charge on any atom is -0.354 e. The molecule has 1 fully saturated rings. The van der Waals surface area contributed by atoms with Crippen molar-refractivity contribution >= 4 is 5.91 Å². The fraction of sp³-hybridized carbons (Fsp3) is 0.933. The number of piperidine rings is 1. The molecule has 0 saturated carbocycles. The van der Waals surface area contributed by atoms with E-state index in [2.05, 4.69) is 17.1 Å². The van der Waals surface area contributed by atoms with E-state index in [-0.39, 0.29) is 5.91 Å². The lowest BCUT2D eigenvalue weighted by molar-refractivity contribution is -0.126. The Morgan fingerprint density at radius 1 is 1.26 bits per heavy atom. The van der Waals surface area contributed by atoms with E-state index in [1.807, 2.05) is 13.8 Å². The third-order valence-electron chi connectivity index (χ3n) is 4.34. The van der Waals surface area contributed by atoms with E-state index >= 15 is 0 Å². The lowest BCUT2D eigenvalue weighted by Crippen LogP contribution is -2.54. The predicted octanol–water partition coefficient (Wildman–Crippen LogP) is 1.74. The molecule has 0 spiro atoms. The van der Waals surface area contributed by atoms with Crippen molar-refractivity contribution in [3.05, 3.63) is 0 Å². The SMILES string of the molecule is CCC(N)(CC)C(=O)NCC(C)CN1CCCCC1. The van der Waals surface area contributed by atoms with Crippen LogP contribution in [0.15, 0.2) is 0 Å². The molecular weight excluding hydrogens is 238 g/mol. The van der Waals surface area contributed by atoms with Crippen LogP contribution in [0.2, 0.25) is 0 Å². The Bertz CT molecular complexity index is 271. The molecule has 4 heteroatoms. The van der Waals surface area contributed by atoms with Crippen molar-refractivity contribution in [2.45, 2.75) is 58.4 Å². The average molecular weight is 269 g/mol. The maximum atomic E-state index is 12.1. The number of nitrogens with two attached hydrogens (primary N) is 1. The minimum absolute atomic E-state index is 0.00277. The first-order chi connectivity index (χ1) is 9.01. The topological polar surface area (TPSA) is 58.4 Å². The highest BCUT2D eigenvalue weighted by atomic mass is 16.2. The van der Waals surface area contributed by atoms with Gasteiger partial charge < -0.3 is 16.0 Å². The summed E-state index contributed by atoms with van der Waals surface area (Å²) in [5.74, 6) is 0.489. The molecule has 0 bridgehead atoms. The first kappa shape index (κ1) is 16.4. The van der Waals surface area contributed by atoms with E-state index in [0.717, 1.165) is 13.1 Å². The van der Waals surface area contributed by atoms with Crippen LogP contribution in [-0.4, -0.2) is 42.5 Å². The van der Waals surface area contributed by atoms with Crippen LogP contribution in [0, 0.1) is 5.92 Å². The van der Waals surface area contributed by atoms with Crippen LogP contribution in [0.1, 0.15) is 52.9 Å². The molecule has 1 aliphatic rings. The second-order valence-corrected chi connectivity index (χ2v) is 6.04. The van der Waals surface area contributed by atoms with Crippen LogP contribution < -0.4 is 11.1 Å². The van der Waals surface area contributed by atoms with Crippen molar-refractivity contribution in [1.82, 2.24) is 10.2 Å². The Hall–Kier alpha value is -0.610. The second kappa shape index (κ2) is 7.85. The van der Waals surface area contributed by atoms with Crippen molar-refractivity contribution < 1.29 is 4.79 Å². The van der Waals surface area contributed by atoms with Gasteiger partial charge in [-0.15, -0.1) is 0 Å². The molecule has 1 unspecified atom stereocenters. The molecule has 0 radical (unpaired) electrons. The molecule has 4 nitrogen and oxygen atoms in total. The highest BCUT2D eigenvalue weighted by molar-refractivity contribution is 5.85. The second-order valence-electron chi connectivity index (χ2n) is 6.04. The molecule has 1 amide bonds. The van der Waals surface area contributed by atoms with Crippen LogP contribution >= 0.6 is 0 Å². The molecule has 1 aliphatic heterocycles. The molecule has 1 heterocycles. The molecule has 1 rings (SSSR count). The first-order valence-electron chi connectivity index (χ1n) is 7.81. The largest absolute Gasteiger partial charge is 0.354 e. The highest BCUT2D eigenvalue weighted by Crippen LogP contribution is 2.13. The van der Waals surface area contributed by atoms with Crippen LogP contribution in [0.3, 0.4) is 0 Å². The third kappa shape index (κ3) is 5.11. The van der Waals surface area contributed by atoms with Gasteiger partial charge in [0.25, 0.3) is 0 Å². The number of likely N-dealkylation sites (tertiary alicyclic amines) is 1. The van der Waals surface area contributed by atoms with Gasteiger partial charge in [0.05, 0.1) is 5.54 Å². The maximum absolute atomic E-state index is 12.1. The summed E-state index contributed by atoms with van der Waals surface area (Å²) >= 11 is 0. The Balaban J connectivity index is 2.29. The van der Waals surface area contributed by atoms with Crippen molar-refractivity contribution in [2.24, 2.45) is 11.7 Å². The van der Waals surface area contributed by atoms with Crippen LogP contribution in [0.5, 0.6) is 0 Å². The zero-order valence-electron chi connectivity index (χ0n) is 12.9. The zero-order valence-corrected chi connectivity index (χ0v) is 12.9. The van der Waals surface area contributed by atoms with Gasteiger partial charge in [0.15, 0.2) is 0 Å². The van der Waals surface area contributed by atoms with Gasteiger partial charge in [-0.2, -0.15) is 0 Å². The summed E-state index contributed by atoms with van der Waals surface area (Å²) in [5.41, 5.74) is 5.40. The standard InChI is InChI=1S/C15H31N3O/c1-4-15(16,5-2)14(19)17-11-13(3)12-18-9-7-6-8-10-18/h13H,4-12,16H2,1-3H3,(H,17,19). The third-order valence-corrected chi connectivity index (χ3v) is 4.34. The van der Waals surface area contributed by atoms with Gasteiger partial charge in [0.2, 0.25) is 5.91 Å². The smallest absolute Gasteiger partial charge is 0.240 e. The number of hydrogen-bond acceptors (Lipinski definition) is 3. The van der Waals surface area contributed by atoms with E-state index in [1.165, 1.54) is 32.4 Å². The zero-order chi connectivity index (χ0) is 14.3. The predicted molar refractivity (Wildman–Crippen MR) is 80.0 cm³/mol. The number of amides is 1. The molecule has 0 aliphatic carbocycles. The number of nitrogens with one attached hydrogen (secondary N) is 1. The molecule has 3 N–H and O–H groups in total. The molecule has 112 valence electrons. The number of rotatable bonds is 7. The van der Waals surface area contributed by atoms with E-state index in [1.54, 1.807) is 0 Å². The molecule has 0 aromatic heterocycles. The molecule has 0 aromatic rings. The summed E-state index contributed by atoms with van der Waals surface area (Å²) in [6.07, 6.45) is 5.38. The van der Waals surface area contributed by atoms with Gasteiger partial charge in [-0.05, 0) is 44.7 Å². The van der Waals surface area contributed by atoms with Gasteiger partial charge in [0, 0.05) is 13.1 Å². The van der Waals surface area contributed by atoms with Crippen molar-refractivity contribution in [2.75, 3.05) is 26.2 Å². The average Bonchev–Trinajstić information content (AvgIpc) is 2.45. The van der Waals surface area contributed by atoms with E-state index in [0.29, 0.717) is 18.8 Å². The lowest BCUT2D eigenvalue weighted by Gasteiger charge is -2.30. The number of carbonyl (C=O) groups is 1.